The second-order valence-electron chi connectivity index (χ2n) is 3.86. The lowest BCUT2D eigenvalue weighted by Crippen LogP contribution is -2.03. The van der Waals surface area contributed by atoms with Crippen molar-refractivity contribution >= 4 is 11.4 Å². The topological polar surface area (TPSA) is 41.5 Å². The van der Waals surface area contributed by atoms with Crippen LogP contribution in [0.25, 0.3) is 0 Å². The molecule has 0 aliphatic carbocycles. The van der Waals surface area contributed by atoms with Crippen LogP contribution in [-0.4, -0.2) is 5.11 Å². The standard InChI is InChI=1S/C13H11NO2/c1-8-3-2-4-11-13(8)14-10-6-5-9(15)7-12(10)16-11/h2-7,14-15H,1H3. The predicted molar refractivity (Wildman–Crippen MR) is 62.6 cm³/mol. The molecule has 2 N–H and O–H groups in total. The molecule has 3 rings (SSSR count). The highest BCUT2D eigenvalue weighted by molar-refractivity contribution is 5.78. The Morgan fingerprint density at radius 3 is 2.88 bits per heavy atom. The molecule has 0 bridgehead atoms. The van der Waals surface area contributed by atoms with Crippen LogP contribution < -0.4 is 10.1 Å². The summed E-state index contributed by atoms with van der Waals surface area (Å²) < 4.78 is 5.72. The highest BCUT2D eigenvalue weighted by Gasteiger charge is 2.17. The second kappa shape index (κ2) is 3.17. The molecule has 0 saturated heterocycles. The lowest BCUT2D eigenvalue weighted by atomic mass is 10.1. The molecular formula is C13H11NO2. The van der Waals surface area contributed by atoms with E-state index >= 15 is 0 Å². The van der Waals surface area contributed by atoms with Crippen LogP contribution in [0.4, 0.5) is 11.4 Å². The van der Waals surface area contributed by atoms with Crippen molar-refractivity contribution in [2.45, 2.75) is 6.92 Å². The van der Waals surface area contributed by atoms with Crippen LogP contribution in [0.3, 0.4) is 0 Å². The van der Waals surface area contributed by atoms with Gasteiger partial charge in [0.2, 0.25) is 0 Å². The van der Waals surface area contributed by atoms with Crippen molar-refractivity contribution in [3.63, 3.8) is 0 Å². The molecule has 0 atom stereocenters. The van der Waals surface area contributed by atoms with E-state index in [1.54, 1.807) is 18.2 Å². The number of benzene rings is 2. The number of phenolic OH excluding ortho intramolecular Hbond substituents is 1. The summed E-state index contributed by atoms with van der Waals surface area (Å²) in [5.74, 6) is 1.65. The molecule has 0 fully saturated rings. The number of ether oxygens (including phenoxy) is 1. The summed E-state index contributed by atoms with van der Waals surface area (Å²) in [6, 6.07) is 10.9. The van der Waals surface area contributed by atoms with Gasteiger partial charge in [0.05, 0.1) is 11.4 Å². The van der Waals surface area contributed by atoms with E-state index in [0.717, 1.165) is 22.7 Å². The van der Waals surface area contributed by atoms with Gasteiger partial charge in [0.25, 0.3) is 0 Å². The monoisotopic (exact) mass is 213 g/mol. The van der Waals surface area contributed by atoms with Crippen molar-refractivity contribution in [3.05, 3.63) is 42.0 Å². The third-order valence-electron chi connectivity index (χ3n) is 2.68. The smallest absolute Gasteiger partial charge is 0.154 e. The van der Waals surface area contributed by atoms with Gasteiger partial charge in [-0.2, -0.15) is 0 Å². The van der Waals surface area contributed by atoms with E-state index in [-0.39, 0.29) is 5.75 Å². The summed E-state index contributed by atoms with van der Waals surface area (Å²) in [5.41, 5.74) is 3.00. The van der Waals surface area contributed by atoms with Gasteiger partial charge in [-0.3, -0.25) is 0 Å². The quantitative estimate of drug-likeness (QED) is 0.561. The van der Waals surface area contributed by atoms with Crippen molar-refractivity contribution < 1.29 is 9.84 Å². The highest BCUT2D eigenvalue weighted by atomic mass is 16.5. The van der Waals surface area contributed by atoms with Gasteiger partial charge in [0, 0.05) is 6.07 Å². The number of para-hydroxylation sites is 1. The van der Waals surface area contributed by atoms with Crippen LogP contribution in [0, 0.1) is 6.92 Å². The minimum Gasteiger partial charge on any atom is -0.508 e. The van der Waals surface area contributed by atoms with Gasteiger partial charge in [-0.05, 0) is 30.7 Å². The molecule has 0 radical (unpaired) electrons. The zero-order valence-electron chi connectivity index (χ0n) is 8.82. The normalized spacial score (nSPS) is 12.1. The van der Waals surface area contributed by atoms with Crippen molar-refractivity contribution in [1.29, 1.82) is 0 Å². The average molecular weight is 213 g/mol. The number of aromatic hydroxyl groups is 1. The van der Waals surface area contributed by atoms with E-state index in [4.69, 9.17) is 4.74 Å². The molecule has 1 aliphatic heterocycles. The van der Waals surface area contributed by atoms with E-state index in [2.05, 4.69) is 5.32 Å². The van der Waals surface area contributed by atoms with Gasteiger partial charge >= 0.3 is 0 Å². The third kappa shape index (κ3) is 1.29. The number of aryl methyl sites for hydroxylation is 1. The molecule has 0 amide bonds. The van der Waals surface area contributed by atoms with E-state index < -0.39 is 0 Å². The Balaban J connectivity index is 2.13. The van der Waals surface area contributed by atoms with Crippen molar-refractivity contribution in [2.24, 2.45) is 0 Å². The van der Waals surface area contributed by atoms with Crippen LogP contribution >= 0.6 is 0 Å². The number of hydrogen-bond donors (Lipinski definition) is 2. The Kier molecular flexibility index (Phi) is 1.80. The first kappa shape index (κ1) is 9.09. The van der Waals surface area contributed by atoms with Crippen LogP contribution in [0.1, 0.15) is 5.56 Å². The molecule has 2 aromatic carbocycles. The molecule has 3 nitrogen and oxygen atoms in total. The second-order valence-corrected chi connectivity index (χ2v) is 3.86. The van der Waals surface area contributed by atoms with E-state index in [1.165, 1.54) is 0 Å². The fourth-order valence-electron chi connectivity index (χ4n) is 1.84. The summed E-state index contributed by atoms with van der Waals surface area (Å²) in [5, 5.41) is 12.7. The molecule has 1 aliphatic rings. The molecular weight excluding hydrogens is 202 g/mol. The minimum absolute atomic E-state index is 0.205. The Bertz CT molecular complexity index is 564. The van der Waals surface area contributed by atoms with Crippen molar-refractivity contribution in [1.82, 2.24) is 0 Å². The molecule has 0 aromatic heterocycles. The number of anilines is 2. The van der Waals surface area contributed by atoms with Gasteiger partial charge in [0.1, 0.15) is 5.75 Å². The van der Waals surface area contributed by atoms with Crippen LogP contribution in [0.2, 0.25) is 0 Å². The Morgan fingerprint density at radius 1 is 1.12 bits per heavy atom. The maximum Gasteiger partial charge on any atom is 0.154 e. The van der Waals surface area contributed by atoms with Gasteiger partial charge in [-0.1, -0.05) is 12.1 Å². The lowest BCUT2D eigenvalue weighted by Gasteiger charge is -2.23. The molecule has 2 aromatic rings. The predicted octanol–water partition coefficient (Wildman–Crippen LogP) is 3.55. The highest BCUT2D eigenvalue weighted by Crippen LogP contribution is 2.44. The largest absolute Gasteiger partial charge is 0.508 e. The number of phenols is 1. The fourth-order valence-corrected chi connectivity index (χ4v) is 1.84. The molecule has 3 heteroatoms. The molecule has 0 unspecified atom stereocenters. The lowest BCUT2D eigenvalue weighted by molar-refractivity contribution is 0.454. The number of rotatable bonds is 0. The Morgan fingerprint density at radius 2 is 2.00 bits per heavy atom. The van der Waals surface area contributed by atoms with Crippen molar-refractivity contribution in [2.75, 3.05) is 5.32 Å². The number of hydrogen-bond acceptors (Lipinski definition) is 3. The summed E-state index contributed by atoms with van der Waals surface area (Å²) in [6.45, 7) is 2.03. The van der Waals surface area contributed by atoms with Crippen LogP contribution in [-0.2, 0) is 0 Å². The first-order chi connectivity index (χ1) is 7.74. The molecule has 0 spiro atoms. The van der Waals surface area contributed by atoms with E-state index in [9.17, 15) is 5.11 Å². The van der Waals surface area contributed by atoms with Gasteiger partial charge < -0.3 is 15.2 Å². The minimum atomic E-state index is 0.205. The summed E-state index contributed by atoms with van der Waals surface area (Å²) in [6.07, 6.45) is 0. The zero-order valence-corrected chi connectivity index (χ0v) is 8.82. The van der Waals surface area contributed by atoms with Crippen LogP contribution in [0.5, 0.6) is 17.2 Å². The fraction of sp³-hybridized carbons (Fsp3) is 0.0769. The van der Waals surface area contributed by atoms with Crippen LogP contribution in [0.15, 0.2) is 36.4 Å². The maximum absolute atomic E-state index is 9.38. The molecule has 16 heavy (non-hydrogen) atoms. The van der Waals surface area contributed by atoms with Gasteiger partial charge in [-0.15, -0.1) is 0 Å². The SMILES string of the molecule is Cc1cccc2c1Nc1ccc(O)cc1O2. The van der Waals surface area contributed by atoms with E-state index in [0.29, 0.717) is 5.75 Å². The van der Waals surface area contributed by atoms with Crippen molar-refractivity contribution in [3.8, 4) is 17.2 Å². The first-order valence-corrected chi connectivity index (χ1v) is 5.11. The first-order valence-electron chi connectivity index (χ1n) is 5.11. The number of fused-ring (bicyclic) bond motifs is 2. The summed E-state index contributed by atoms with van der Waals surface area (Å²) in [7, 11) is 0. The van der Waals surface area contributed by atoms with Gasteiger partial charge in [0.15, 0.2) is 11.5 Å². The molecule has 80 valence electrons. The molecule has 1 heterocycles. The third-order valence-corrected chi connectivity index (χ3v) is 2.68. The summed E-state index contributed by atoms with van der Waals surface area (Å²) >= 11 is 0. The molecule has 0 saturated carbocycles. The number of nitrogens with one attached hydrogen (secondary N) is 1. The average Bonchev–Trinajstić information content (AvgIpc) is 2.27. The maximum atomic E-state index is 9.38. The van der Waals surface area contributed by atoms with Gasteiger partial charge in [-0.25, -0.2) is 0 Å². The zero-order chi connectivity index (χ0) is 11.1. The Labute approximate surface area is 93.3 Å². The Hall–Kier alpha value is -2.16. The van der Waals surface area contributed by atoms with E-state index in [1.807, 2.05) is 25.1 Å². The summed E-state index contributed by atoms with van der Waals surface area (Å²) in [4.78, 5) is 0.